The maximum absolute atomic E-state index is 12.7. The monoisotopic (exact) mass is 363 g/mol. The molecular formula is C19H26ClN3O2. The number of halogens is 1. The Balaban J connectivity index is 1.91. The molecule has 5 nitrogen and oxygen atoms in total. The summed E-state index contributed by atoms with van der Waals surface area (Å²) in [5, 5.41) is 4.86. The molecule has 0 radical (unpaired) electrons. The van der Waals surface area contributed by atoms with Crippen LogP contribution >= 0.6 is 11.6 Å². The molecule has 0 amide bonds. The molecule has 6 heteroatoms. The number of carbonyl (C=O) groups excluding carboxylic acids is 1. The van der Waals surface area contributed by atoms with Crippen LogP contribution in [0.5, 0.6) is 0 Å². The van der Waals surface area contributed by atoms with Gasteiger partial charge in [0.2, 0.25) is 0 Å². The van der Waals surface area contributed by atoms with E-state index in [0.717, 1.165) is 12.0 Å². The summed E-state index contributed by atoms with van der Waals surface area (Å²) >= 11 is 6.20. The second-order valence-corrected chi connectivity index (χ2v) is 7.59. The van der Waals surface area contributed by atoms with E-state index >= 15 is 0 Å². The summed E-state index contributed by atoms with van der Waals surface area (Å²) in [5.41, 5.74) is 0.547. The predicted molar refractivity (Wildman–Crippen MR) is 98.6 cm³/mol. The van der Waals surface area contributed by atoms with E-state index in [9.17, 15) is 4.79 Å². The van der Waals surface area contributed by atoms with Crippen LogP contribution in [0.2, 0.25) is 5.02 Å². The van der Waals surface area contributed by atoms with E-state index in [2.05, 4.69) is 10.1 Å². The molecule has 2 unspecified atom stereocenters. The van der Waals surface area contributed by atoms with Crippen molar-refractivity contribution in [2.24, 2.45) is 5.41 Å². The van der Waals surface area contributed by atoms with Crippen molar-refractivity contribution in [2.75, 3.05) is 6.61 Å². The molecule has 2 aromatic rings. The Morgan fingerprint density at radius 1 is 1.32 bits per heavy atom. The molecule has 0 aliphatic rings. The van der Waals surface area contributed by atoms with Gasteiger partial charge in [-0.3, -0.25) is 4.79 Å². The van der Waals surface area contributed by atoms with Gasteiger partial charge in [-0.15, -0.1) is 0 Å². The van der Waals surface area contributed by atoms with E-state index in [0.29, 0.717) is 18.1 Å². The van der Waals surface area contributed by atoms with Gasteiger partial charge in [0, 0.05) is 17.0 Å². The number of nitrogens with zero attached hydrogens (tertiary/aromatic N) is 3. The molecular weight excluding hydrogens is 338 g/mol. The number of ketones is 1. The fourth-order valence-corrected chi connectivity index (χ4v) is 2.98. The first-order valence-corrected chi connectivity index (χ1v) is 8.93. The Hall–Kier alpha value is -1.72. The maximum atomic E-state index is 12.7. The summed E-state index contributed by atoms with van der Waals surface area (Å²) in [5.74, 6) is 0.150. The van der Waals surface area contributed by atoms with Crippen molar-refractivity contribution in [1.82, 2.24) is 14.8 Å². The van der Waals surface area contributed by atoms with Crippen LogP contribution in [0.15, 0.2) is 36.9 Å². The standard InChI is InChI=1S/C19H26ClN3O2/c1-14(15-8-5-6-9-16(15)20)25-11-7-10-17(18(24)19(2,3)4)23-13-21-12-22-23/h5-6,8-9,12-14,17H,7,10-11H2,1-4H3. The van der Waals surface area contributed by atoms with Gasteiger partial charge in [-0.25, -0.2) is 9.67 Å². The van der Waals surface area contributed by atoms with Gasteiger partial charge in [0.05, 0.1) is 6.10 Å². The van der Waals surface area contributed by atoms with Gasteiger partial charge in [0.15, 0.2) is 5.78 Å². The molecule has 0 bridgehead atoms. The number of Topliss-reactive ketones (excluding diaryl/α,β-unsaturated/α-hetero) is 1. The Labute approximate surface area is 154 Å². The van der Waals surface area contributed by atoms with Crippen molar-refractivity contribution in [2.45, 2.75) is 52.7 Å². The quantitative estimate of drug-likeness (QED) is 0.641. The van der Waals surface area contributed by atoms with Crippen LogP contribution in [0.25, 0.3) is 0 Å². The van der Waals surface area contributed by atoms with E-state index in [1.807, 2.05) is 52.0 Å². The topological polar surface area (TPSA) is 57.0 Å². The van der Waals surface area contributed by atoms with Crippen molar-refractivity contribution >= 4 is 17.4 Å². The van der Waals surface area contributed by atoms with Crippen molar-refractivity contribution in [3.63, 3.8) is 0 Å². The van der Waals surface area contributed by atoms with Crippen molar-refractivity contribution in [3.05, 3.63) is 47.5 Å². The van der Waals surface area contributed by atoms with E-state index in [1.165, 1.54) is 6.33 Å². The zero-order valence-electron chi connectivity index (χ0n) is 15.3. The first-order valence-electron chi connectivity index (χ1n) is 8.55. The number of benzene rings is 1. The van der Waals surface area contributed by atoms with Crippen molar-refractivity contribution in [1.29, 1.82) is 0 Å². The number of aromatic nitrogens is 3. The second kappa shape index (κ2) is 8.59. The summed E-state index contributed by atoms with van der Waals surface area (Å²) in [6.45, 7) is 8.31. The third kappa shape index (κ3) is 5.38. The summed E-state index contributed by atoms with van der Waals surface area (Å²) in [6, 6.07) is 7.36. The van der Waals surface area contributed by atoms with Gasteiger partial charge in [-0.1, -0.05) is 50.6 Å². The molecule has 0 spiro atoms. The SMILES string of the molecule is CC(OCCCC(C(=O)C(C)(C)C)n1cncn1)c1ccccc1Cl. The fraction of sp³-hybridized carbons (Fsp3) is 0.526. The molecule has 0 aliphatic carbocycles. The zero-order valence-corrected chi connectivity index (χ0v) is 16.0. The Kier molecular flexibility index (Phi) is 6.73. The van der Waals surface area contributed by atoms with E-state index in [1.54, 1.807) is 11.0 Å². The Bertz CT molecular complexity index is 680. The van der Waals surface area contributed by atoms with Crippen LogP contribution in [-0.4, -0.2) is 27.2 Å². The molecule has 136 valence electrons. The van der Waals surface area contributed by atoms with E-state index < -0.39 is 5.41 Å². The lowest BCUT2D eigenvalue weighted by atomic mass is 9.85. The highest BCUT2D eigenvalue weighted by molar-refractivity contribution is 6.31. The van der Waals surface area contributed by atoms with E-state index in [4.69, 9.17) is 16.3 Å². The van der Waals surface area contributed by atoms with Crippen LogP contribution in [0.4, 0.5) is 0 Å². The second-order valence-electron chi connectivity index (χ2n) is 7.18. The highest BCUT2D eigenvalue weighted by atomic mass is 35.5. The normalized spacial score (nSPS) is 14.3. The molecule has 25 heavy (non-hydrogen) atoms. The molecule has 2 atom stereocenters. The summed E-state index contributed by atoms with van der Waals surface area (Å²) in [7, 11) is 0. The van der Waals surface area contributed by atoms with Gasteiger partial charge in [0.1, 0.15) is 18.7 Å². The van der Waals surface area contributed by atoms with Gasteiger partial charge < -0.3 is 4.74 Å². The van der Waals surface area contributed by atoms with Crippen LogP contribution in [0, 0.1) is 5.41 Å². The third-order valence-electron chi connectivity index (χ3n) is 4.13. The summed E-state index contributed by atoms with van der Waals surface area (Å²) in [6.07, 6.45) is 4.38. The number of ether oxygens (including phenoxy) is 1. The Morgan fingerprint density at radius 2 is 2.04 bits per heavy atom. The van der Waals surface area contributed by atoms with Gasteiger partial charge in [-0.2, -0.15) is 5.10 Å². The van der Waals surface area contributed by atoms with Gasteiger partial charge >= 0.3 is 0 Å². The number of rotatable bonds is 8. The number of hydrogen-bond acceptors (Lipinski definition) is 4. The largest absolute Gasteiger partial charge is 0.374 e. The highest BCUT2D eigenvalue weighted by Gasteiger charge is 2.31. The molecule has 1 heterocycles. The minimum atomic E-state index is -0.428. The third-order valence-corrected chi connectivity index (χ3v) is 4.47. The van der Waals surface area contributed by atoms with Gasteiger partial charge in [-0.05, 0) is 31.4 Å². The molecule has 1 aromatic carbocycles. The molecule has 0 N–H and O–H groups in total. The molecule has 0 saturated carbocycles. The maximum Gasteiger partial charge on any atom is 0.162 e. The van der Waals surface area contributed by atoms with Crippen LogP contribution < -0.4 is 0 Å². The molecule has 0 aliphatic heterocycles. The first-order chi connectivity index (χ1) is 11.8. The molecule has 0 fully saturated rings. The fourth-order valence-electron chi connectivity index (χ4n) is 2.69. The predicted octanol–water partition coefficient (Wildman–Crippen LogP) is 4.65. The first kappa shape index (κ1) is 19.6. The molecule has 2 rings (SSSR count). The van der Waals surface area contributed by atoms with Crippen LogP contribution in [0.1, 0.15) is 58.2 Å². The summed E-state index contributed by atoms with van der Waals surface area (Å²) < 4.78 is 7.54. The average Bonchev–Trinajstić information content (AvgIpc) is 3.08. The highest BCUT2D eigenvalue weighted by Crippen LogP contribution is 2.28. The molecule has 1 aromatic heterocycles. The van der Waals surface area contributed by atoms with Crippen molar-refractivity contribution < 1.29 is 9.53 Å². The lowest BCUT2D eigenvalue weighted by Gasteiger charge is -2.24. The van der Waals surface area contributed by atoms with E-state index in [-0.39, 0.29) is 17.9 Å². The zero-order chi connectivity index (χ0) is 18.4. The smallest absolute Gasteiger partial charge is 0.162 e. The lowest BCUT2D eigenvalue weighted by molar-refractivity contribution is -0.130. The number of carbonyl (C=O) groups is 1. The number of hydrogen-bond donors (Lipinski definition) is 0. The Morgan fingerprint density at radius 3 is 2.64 bits per heavy atom. The lowest BCUT2D eigenvalue weighted by Crippen LogP contribution is -2.31. The van der Waals surface area contributed by atoms with Crippen LogP contribution in [-0.2, 0) is 9.53 Å². The van der Waals surface area contributed by atoms with Crippen molar-refractivity contribution in [3.8, 4) is 0 Å². The average molecular weight is 364 g/mol. The minimum absolute atomic E-state index is 0.0863. The summed E-state index contributed by atoms with van der Waals surface area (Å²) in [4.78, 5) is 16.7. The van der Waals surface area contributed by atoms with Crippen LogP contribution in [0.3, 0.4) is 0 Å². The van der Waals surface area contributed by atoms with Gasteiger partial charge in [0.25, 0.3) is 0 Å². The molecule has 0 saturated heterocycles. The minimum Gasteiger partial charge on any atom is -0.374 e.